The summed E-state index contributed by atoms with van der Waals surface area (Å²) in [6.45, 7) is -0.522. The first-order chi connectivity index (χ1) is 22.0. The molecule has 2 aliphatic rings. The van der Waals surface area contributed by atoms with E-state index in [0.717, 1.165) is 12.1 Å². The van der Waals surface area contributed by atoms with Crippen molar-refractivity contribution in [3.05, 3.63) is 77.1 Å². The van der Waals surface area contributed by atoms with E-state index in [1.54, 1.807) is 12.1 Å². The van der Waals surface area contributed by atoms with Gasteiger partial charge in [0.05, 0.1) is 25.8 Å². The molecule has 3 aromatic carbocycles. The van der Waals surface area contributed by atoms with Gasteiger partial charge in [0, 0.05) is 18.2 Å². The molecule has 5 rings (SSSR count). The number of carbonyl (C=O) groups is 1. The molecule has 0 bridgehead atoms. The summed E-state index contributed by atoms with van der Waals surface area (Å²) < 4.78 is 32.1. The number of carbonyl (C=O) groups excluding carboxylic acids is 1. The van der Waals surface area contributed by atoms with Crippen LogP contribution in [0.15, 0.2) is 60.4 Å². The minimum atomic E-state index is -1.78. The fourth-order valence-electron chi connectivity index (χ4n) is 4.94. The molecule has 0 radical (unpaired) electrons. The highest BCUT2D eigenvalue weighted by Crippen LogP contribution is 2.48. The topological polar surface area (TPSA) is 218 Å². The normalized spacial score (nSPS) is 24.0. The van der Waals surface area contributed by atoms with Crippen LogP contribution >= 0.6 is 0 Å². The molecule has 244 valence electrons. The summed E-state index contributed by atoms with van der Waals surface area (Å²) in [7, 11) is 2.67. The summed E-state index contributed by atoms with van der Waals surface area (Å²) in [5.74, 6) is -1.32. The number of methoxy groups -OCH3 is 2. The highest BCUT2D eigenvalue weighted by Gasteiger charge is 2.47. The van der Waals surface area contributed by atoms with Crippen molar-refractivity contribution in [2.45, 2.75) is 36.8 Å². The molecule has 6 atom stereocenters. The number of rotatable bonds is 9. The summed E-state index contributed by atoms with van der Waals surface area (Å²) in [6, 6.07) is 11.4. The summed E-state index contributed by atoms with van der Waals surface area (Å²) >= 11 is 0. The van der Waals surface area contributed by atoms with E-state index < -0.39 is 49.4 Å². The average Bonchev–Trinajstić information content (AvgIpc) is 3.04. The van der Waals surface area contributed by atoms with Crippen molar-refractivity contribution < 1.29 is 69.0 Å². The predicted molar refractivity (Wildman–Crippen MR) is 159 cm³/mol. The van der Waals surface area contributed by atoms with Gasteiger partial charge in [-0.25, -0.2) is 4.79 Å². The van der Waals surface area contributed by atoms with Crippen LogP contribution in [0, 0.1) is 0 Å². The smallest absolute Gasteiger partial charge is 0.330 e. The average molecular weight is 642 g/mol. The number of phenols is 4. The second-order valence-corrected chi connectivity index (χ2v) is 10.4. The van der Waals surface area contributed by atoms with Gasteiger partial charge in [0.25, 0.3) is 11.9 Å². The molecule has 0 spiro atoms. The van der Waals surface area contributed by atoms with Crippen LogP contribution in [0.5, 0.6) is 40.2 Å². The van der Waals surface area contributed by atoms with Crippen LogP contribution < -0.4 is 9.47 Å². The van der Waals surface area contributed by atoms with E-state index in [2.05, 4.69) is 4.74 Å². The Hall–Kier alpha value is -5.15. The third kappa shape index (κ3) is 6.74. The number of esters is 1. The molecule has 0 aromatic heterocycles. The van der Waals surface area contributed by atoms with Gasteiger partial charge in [0.2, 0.25) is 12.0 Å². The largest absolute Gasteiger partial charge is 0.571 e. The van der Waals surface area contributed by atoms with E-state index in [1.807, 2.05) is 0 Å². The predicted octanol–water partition coefficient (Wildman–Crippen LogP) is 1.94. The molecule has 8 N–H and O–H groups in total. The molecular formula is C32H33O14+. The SMILES string of the molecule is COc1cc(C2[OH+]c3cc(O)cc(O)c3C=C2O[C@@H]2O[C@H](COC(=O)/C=C/c3ccc(O)cc3)[C@@H](O)[C@H](O)[C@H]2O)cc(OC)c1O. The Labute approximate surface area is 262 Å². The number of hydrogen-bond donors (Lipinski definition) is 7. The van der Waals surface area contributed by atoms with Gasteiger partial charge in [0.1, 0.15) is 53.8 Å². The van der Waals surface area contributed by atoms with Gasteiger partial charge in [-0.15, -0.1) is 0 Å². The highest BCUT2D eigenvalue weighted by atomic mass is 16.7. The minimum Gasteiger partial charge on any atom is -0.571 e. The van der Waals surface area contributed by atoms with Gasteiger partial charge in [-0.05, 0) is 35.9 Å². The molecule has 1 fully saturated rings. The minimum absolute atomic E-state index is 0.0106. The molecule has 2 heterocycles. The van der Waals surface area contributed by atoms with Crippen LogP contribution in [-0.4, -0.2) is 98.0 Å². The number of hydrogen-bond acceptors (Lipinski definition) is 13. The van der Waals surface area contributed by atoms with E-state index in [-0.39, 0.29) is 51.6 Å². The molecule has 14 heteroatoms. The van der Waals surface area contributed by atoms with Crippen molar-refractivity contribution in [1.29, 1.82) is 0 Å². The molecule has 1 unspecified atom stereocenters. The number of ether oxygens (including phenoxy) is 6. The van der Waals surface area contributed by atoms with E-state index in [0.29, 0.717) is 11.1 Å². The molecule has 0 saturated carbocycles. The first kappa shape index (κ1) is 32.2. The molecule has 46 heavy (non-hydrogen) atoms. The van der Waals surface area contributed by atoms with Crippen LogP contribution in [-0.2, 0) is 19.0 Å². The first-order valence-electron chi connectivity index (χ1n) is 13.9. The first-order valence-corrected chi connectivity index (χ1v) is 13.9. The monoisotopic (exact) mass is 641 g/mol. The number of phenolic OH excluding ortho intramolecular Hbond substituents is 4. The molecule has 2 aliphatic heterocycles. The van der Waals surface area contributed by atoms with Crippen molar-refractivity contribution in [2.24, 2.45) is 0 Å². The van der Waals surface area contributed by atoms with Gasteiger partial charge in [-0.2, -0.15) is 0 Å². The molecule has 3 aromatic rings. The van der Waals surface area contributed by atoms with Crippen LogP contribution in [0.2, 0.25) is 0 Å². The summed E-state index contributed by atoms with van der Waals surface area (Å²) in [6.07, 6.45) is -5.25. The van der Waals surface area contributed by atoms with Crippen molar-refractivity contribution >= 4 is 18.1 Å². The Morgan fingerprint density at radius 2 is 1.57 bits per heavy atom. The van der Waals surface area contributed by atoms with Gasteiger partial charge in [-0.1, -0.05) is 12.1 Å². The van der Waals surface area contributed by atoms with E-state index in [4.69, 9.17) is 23.7 Å². The molecule has 14 nitrogen and oxygen atoms in total. The van der Waals surface area contributed by atoms with Crippen LogP contribution in [0.1, 0.15) is 22.8 Å². The molecular weight excluding hydrogens is 608 g/mol. The van der Waals surface area contributed by atoms with Gasteiger partial charge >= 0.3 is 5.97 Å². The third-order valence-corrected chi connectivity index (χ3v) is 7.38. The number of fused-ring (bicyclic) bond motifs is 1. The van der Waals surface area contributed by atoms with Gasteiger partial charge in [0.15, 0.2) is 17.3 Å². The second kappa shape index (κ2) is 13.5. The molecule has 0 amide bonds. The van der Waals surface area contributed by atoms with Crippen molar-refractivity contribution in [2.75, 3.05) is 20.8 Å². The number of aromatic hydroxyl groups is 5. The van der Waals surface area contributed by atoms with Crippen molar-refractivity contribution in [3.63, 3.8) is 0 Å². The Balaban J connectivity index is 1.40. The maximum Gasteiger partial charge on any atom is 0.330 e. The second-order valence-electron chi connectivity index (χ2n) is 10.4. The lowest BCUT2D eigenvalue weighted by atomic mass is 9.98. The Bertz CT molecular complexity index is 1610. The van der Waals surface area contributed by atoms with Crippen LogP contribution in [0.25, 0.3) is 12.2 Å². The van der Waals surface area contributed by atoms with Crippen molar-refractivity contribution in [3.8, 4) is 40.2 Å². The Morgan fingerprint density at radius 3 is 2.22 bits per heavy atom. The lowest BCUT2D eigenvalue weighted by Gasteiger charge is -2.40. The number of aliphatic hydroxyl groups is 4. The lowest BCUT2D eigenvalue weighted by Crippen LogP contribution is -2.59. The summed E-state index contributed by atoms with van der Waals surface area (Å²) in [5, 5.41) is 72.4. The Kier molecular flexibility index (Phi) is 9.44. The maximum absolute atomic E-state index is 12.3. The highest BCUT2D eigenvalue weighted by molar-refractivity contribution is 5.87. The zero-order valence-corrected chi connectivity index (χ0v) is 24.5. The van der Waals surface area contributed by atoms with E-state index in [9.17, 15) is 40.5 Å². The third-order valence-electron chi connectivity index (χ3n) is 7.38. The van der Waals surface area contributed by atoms with Gasteiger partial charge < -0.3 is 64.2 Å². The maximum atomic E-state index is 12.3. The number of aliphatic hydroxyl groups excluding tert-OH is 3. The van der Waals surface area contributed by atoms with Crippen molar-refractivity contribution in [1.82, 2.24) is 0 Å². The fraction of sp³-hybridized carbons (Fsp3) is 0.281. The summed E-state index contributed by atoms with van der Waals surface area (Å²) in [5.41, 5.74) is 1.14. The lowest BCUT2D eigenvalue weighted by molar-refractivity contribution is -0.296. The van der Waals surface area contributed by atoms with E-state index >= 15 is 0 Å². The Morgan fingerprint density at radius 1 is 0.891 bits per heavy atom. The molecule has 0 aliphatic carbocycles. The summed E-state index contributed by atoms with van der Waals surface area (Å²) in [4.78, 5) is 12.3. The van der Waals surface area contributed by atoms with Gasteiger partial charge in [-0.3, -0.25) is 0 Å². The quantitative estimate of drug-likeness (QED) is 0.101. The fourth-order valence-corrected chi connectivity index (χ4v) is 4.94. The molecule has 1 saturated heterocycles. The zero-order chi connectivity index (χ0) is 33.1. The van der Waals surface area contributed by atoms with Crippen LogP contribution in [0.3, 0.4) is 0 Å². The van der Waals surface area contributed by atoms with Crippen LogP contribution in [0.4, 0.5) is 0 Å². The van der Waals surface area contributed by atoms with E-state index in [1.165, 1.54) is 56.7 Å². The number of benzene rings is 3. The standard InChI is InChI=1S/C32H32O14/c1-41-22-9-16(10-23(42-2)27(22)37)31-24(13-19-20(35)11-18(34)12-21(19)44-31)45-32-30(40)29(39)28(38)25(46-32)14-43-26(36)8-5-15-3-6-17(33)7-4-15/h3-13,25,28-35,37-40H,14H2,1-2H3/p+1/b8-5+/t25-,28-,29+,30-,31?,32-/m1/s1. The zero-order valence-electron chi connectivity index (χ0n) is 24.5.